The van der Waals surface area contributed by atoms with Crippen LogP contribution >= 0.6 is 11.3 Å². The fourth-order valence-corrected chi connectivity index (χ4v) is 5.62. The maximum Gasteiger partial charge on any atom is 0.289 e. The van der Waals surface area contributed by atoms with E-state index in [1.165, 1.54) is 11.3 Å². The van der Waals surface area contributed by atoms with Gasteiger partial charge in [-0.05, 0) is 29.7 Å². The number of carbonyl (C=O) groups is 4. The molecule has 4 aromatic rings. The predicted octanol–water partition coefficient (Wildman–Crippen LogP) is 3.40. The molecular weight excluding hydrogens is 512 g/mol. The SMILES string of the molecule is O=C(NCc1nc2ccccc2s1)C(=O)C(Cc1ccccc1)NC(=O)[C@@H]1CCC(=O)N1Cc1ccccc1. The molecule has 0 bridgehead atoms. The minimum absolute atomic E-state index is 0.109. The van der Waals surface area contributed by atoms with Gasteiger partial charge in [-0.1, -0.05) is 72.8 Å². The zero-order valence-corrected chi connectivity index (χ0v) is 22.0. The number of rotatable bonds is 10. The summed E-state index contributed by atoms with van der Waals surface area (Å²) in [6.45, 7) is 0.412. The highest BCUT2D eigenvalue weighted by atomic mass is 32.1. The number of hydrogen-bond acceptors (Lipinski definition) is 6. The first-order valence-electron chi connectivity index (χ1n) is 12.8. The number of ketones is 1. The molecule has 1 aliphatic rings. The molecule has 9 heteroatoms. The Balaban J connectivity index is 1.28. The molecule has 1 saturated heterocycles. The summed E-state index contributed by atoms with van der Waals surface area (Å²) < 4.78 is 0.994. The molecule has 5 rings (SSSR count). The van der Waals surface area contributed by atoms with Gasteiger partial charge in [0.1, 0.15) is 17.1 Å². The Morgan fingerprint density at radius 3 is 2.31 bits per heavy atom. The molecule has 1 aromatic heterocycles. The van der Waals surface area contributed by atoms with Gasteiger partial charge in [0.05, 0.1) is 16.8 Å². The molecule has 3 aromatic carbocycles. The van der Waals surface area contributed by atoms with E-state index in [-0.39, 0.29) is 25.3 Å². The van der Waals surface area contributed by atoms with Crippen LogP contribution in [0.4, 0.5) is 0 Å². The number of carbonyl (C=O) groups excluding carboxylic acids is 4. The molecule has 198 valence electrons. The van der Waals surface area contributed by atoms with E-state index in [0.717, 1.165) is 21.3 Å². The Hall–Kier alpha value is -4.37. The van der Waals surface area contributed by atoms with Crippen LogP contribution in [0, 0.1) is 0 Å². The Kier molecular flexibility index (Phi) is 8.07. The lowest BCUT2D eigenvalue weighted by atomic mass is 10.0. The van der Waals surface area contributed by atoms with Gasteiger partial charge in [-0.25, -0.2) is 4.98 Å². The fraction of sp³-hybridized carbons (Fsp3) is 0.233. The van der Waals surface area contributed by atoms with Crippen LogP contribution in [0.5, 0.6) is 0 Å². The topological polar surface area (TPSA) is 108 Å². The summed E-state index contributed by atoms with van der Waals surface area (Å²) in [6, 6.07) is 24.5. The van der Waals surface area contributed by atoms with Gasteiger partial charge in [-0.2, -0.15) is 0 Å². The molecule has 0 radical (unpaired) electrons. The molecular formula is C30H28N4O4S. The maximum atomic E-state index is 13.4. The normalized spacial score (nSPS) is 15.7. The van der Waals surface area contributed by atoms with Crippen LogP contribution in [0.1, 0.15) is 29.0 Å². The van der Waals surface area contributed by atoms with Crippen LogP contribution in [0.25, 0.3) is 10.2 Å². The van der Waals surface area contributed by atoms with Crippen LogP contribution in [-0.2, 0) is 38.7 Å². The Morgan fingerprint density at radius 2 is 1.59 bits per heavy atom. The highest BCUT2D eigenvalue weighted by Gasteiger charge is 2.38. The van der Waals surface area contributed by atoms with Crippen LogP contribution in [0.2, 0.25) is 0 Å². The third kappa shape index (κ3) is 6.38. The van der Waals surface area contributed by atoms with Crippen molar-refractivity contribution in [2.45, 2.75) is 44.4 Å². The Labute approximate surface area is 230 Å². The monoisotopic (exact) mass is 540 g/mol. The average Bonchev–Trinajstić information content (AvgIpc) is 3.55. The lowest BCUT2D eigenvalue weighted by Crippen LogP contribution is -2.53. The summed E-state index contributed by atoms with van der Waals surface area (Å²) >= 11 is 1.45. The average molecular weight is 541 g/mol. The van der Waals surface area contributed by atoms with Crippen molar-refractivity contribution in [2.75, 3.05) is 0 Å². The van der Waals surface area contributed by atoms with Crippen molar-refractivity contribution in [3.05, 3.63) is 101 Å². The maximum absolute atomic E-state index is 13.4. The number of fused-ring (bicyclic) bond motifs is 1. The van der Waals surface area contributed by atoms with E-state index in [0.29, 0.717) is 18.0 Å². The number of nitrogens with one attached hydrogen (secondary N) is 2. The zero-order valence-electron chi connectivity index (χ0n) is 21.2. The first kappa shape index (κ1) is 26.2. The zero-order chi connectivity index (χ0) is 27.2. The third-order valence-corrected chi connectivity index (χ3v) is 7.74. The molecule has 39 heavy (non-hydrogen) atoms. The van der Waals surface area contributed by atoms with E-state index in [9.17, 15) is 19.2 Å². The first-order valence-corrected chi connectivity index (χ1v) is 13.6. The van der Waals surface area contributed by atoms with Crippen LogP contribution in [0.15, 0.2) is 84.9 Å². The van der Waals surface area contributed by atoms with Crippen molar-refractivity contribution in [1.29, 1.82) is 0 Å². The molecule has 1 aliphatic heterocycles. The van der Waals surface area contributed by atoms with E-state index in [1.54, 1.807) is 4.90 Å². The second kappa shape index (κ2) is 12.0. The molecule has 0 aliphatic carbocycles. The van der Waals surface area contributed by atoms with E-state index >= 15 is 0 Å². The van der Waals surface area contributed by atoms with Gasteiger partial charge < -0.3 is 15.5 Å². The quantitative estimate of drug-likeness (QED) is 0.300. The van der Waals surface area contributed by atoms with Gasteiger partial charge in [0.25, 0.3) is 5.91 Å². The minimum atomic E-state index is -1.08. The lowest BCUT2D eigenvalue weighted by molar-refractivity contribution is -0.141. The molecule has 2 N–H and O–H groups in total. The number of thiazole rings is 1. The fourth-order valence-electron chi connectivity index (χ4n) is 4.71. The highest BCUT2D eigenvalue weighted by molar-refractivity contribution is 7.18. The van der Waals surface area contributed by atoms with Crippen LogP contribution in [-0.4, -0.2) is 45.5 Å². The molecule has 2 heterocycles. The number of para-hydroxylation sites is 1. The van der Waals surface area contributed by atoms with E-state index < -0.39 is 29.7 Å². The highest BCUT2D eigenvalue weighted by Crippen LogP contribution is 2.23. The van der Waals surface area contributed by atoms with Crippen molar-refractivity contribution in [1.82, 2.24) is 20.5 Å². The van der Waals surface area contributed by atoms with E-state index in [4.69, 9.17) is 0 Å². The Morgan fingerprint density at radius 1 is 0.923 bits per heavy atom. The molecule has 8 nitrogen and oxygen atoms in total. The first-order chi connectivity index (χ1) is 19.0. The molecule has 1 unspecified atom stereocenters. The number of Topliss-reactive ketones (excluding diaryl/α,β-unsaturated/α-hetero) is 1. The molecule has 3 amide bonds. The summed E-state index contributed by atoms with van der Waals surface area (Å²) in [6.07, 6.45) is 0.762. The number of aromatic nitrogens is 1. The lowest BCUT2D eigenvalue weighted by Gasteiger charge is -2.26. The van der Waals surface area contributed by atoms with Crippen LogP contribution < -0.4 is 10.6 Å². The summed E-state index contributed by atoms with van der Waals surface area (Å²) in [4.78, 5) is 58.3. The second-order valence-electron chi connectivity index (χ2n) is 9.43. The van der Waals surface area contributed by atoms with E-state index in [2.05, 4.69) is 15.6 Å². The van der Waals surface area contributed by atoms with Gasteiger partial charge >= 0.3 is 0 Å². The number of likely N-dealkylation sites (tertiary alicyclic amines) is 1. The van der Waals surface area contributed by atoms with Crippen molar-refractivity contribution < 1.29 is 19.2 Å². The van der Waals surface area contributed by atoms with Crippen molar-refractivity contribution in [3.8, 4) is 0 Å². The van der Waals surface area contributed by atoms with Gasteiger partial charge in [0.15, 0.2) is 0 Å². The summed E-state index contributed by atoms with van der Waals surface area (Å²) in [7, 11) is 0. The molecule has 2 atom stereocenters. The smallest absolute Gasteiger partial charge is 0.289 e. The minimum Gasteiger partial charge on any atom is -0.344 e. The number of amides is 3. The van der Waals surface area contributed by atoms with Gasteiger partial charge in [-0.3, -0.25) is 19.2 Å². The van der Waals surface area contributed by atoms with Crippen molar-refractivity contribution >= 4 is 45.1 Å². The van der Waals surface area contributed by atoms with Gasteiger partial charge in [0, 0.05) is 19.4 Å². The van der Waals surface area contributed by atoms with Crippen molar-refractivity contribution in [3.63, 3.8) is 0 Å². The third-order valence-electron chi connectivity index (χ3n) is 6.70. The number of benzene rings is 3. The van der Waals surface area contributed by atoms with E-state index in [1.807, 2.05) is 84.9 Å². The summed E-state index contributed by atoms with van der Waals surface area (Å²) in [5, 5.41) is 6.13. The number of nitrogens with zero attached hydrogens (tertiary/aromatic N) is 2. The van der Waals surface area contributed by atoms with Gasteiger partial charge in [-0.15, -0.1) is 11.3 Å². The molecule has 0 spiro atoms. The molecule has 0 saturated carbocycles. The standard InChI is InChI=1S/C30H28N4O4S/c35-27-16-15-24(34(27)19-21-11-5-2-6-12-21)29(37)33-23(17-20-9-3-1-4-10-20)28(36)30(38)31-18-26-32-22-13-7-8-14-25(22)39-26/h1-14,23-24H,15-19H2,(H,31,38)(H,33,37)/t23?,24-/m0/s1. The van der Waals surface area contributed by atoms with Crippen molar-refractivity contribution in [2.24, 2.45) is 0 Å². The number of hydrogen-bond donors (Lipinski definition) is 2. The molecule has 1 fully saturated rings. The second-order valence-corrected chi connectivity index (χ2v) is 10.6. The summed E-state index contributed by atoms with van der Waals surface area (Å²) in [5.74, 6) is -2.09. The largest absolute Gasteiger partial charge is 0.344 e. The Bertz CT molecular complexity index is 1460. The summed E-state index contributed by atoms with van der Waals surface area (Å²) in [5.41, 5.74) is 2.55. The predicted molar refractivity (Wildman–Crippen MR) is 149 cm³/mol. The van der Waals surface area contributed by atoms with Crippen LogP contribution in [0.3, 0.4) is 0 Å². The van der Waals surface area contributed by atoms with Gasteiger partial charge in [0.2, 0.25) is 17.6 Å².